The number of carbonyl (C=O) groups excluding carboxylic acids is 2. The maximum Gasteiger partial charge on any atom is 0.408 e. The van der Waals surface area contributed by atoms with E-state index in [2.05, 4.69) is 24.3 Å². The van der Waals surface area contributed by atoms with Crippen molar-refractivity contribution in [3.8, 4) is 0 Å². The van der Waals surface area contributed by atoms with Crippen molar-refractivity contribution in [3.63, 3.8) is 0 Å². The predicted octanol–water partition coefficient (Wildman–Crippen LogP) is 2.73. The number of hydrogen-bond acceptors (Lipinski definition) is 4. The van der Waals surface area contributed by atoms with Crippen molar-refractivity contribution in [2.45, 2.75) is 78.5 Å². The minimum absolute atomic E-state index is 0.0671. The highest BCUT2D eigenvalue weighted by Crippen LogP contribution is 2.27. The number of ether oxygens (including phenoxy) is 1. The number of fused-ring (bicyclic) bond motifs is 1. The molecule has 0 aromatic carbocycles. The summed E-state index contributed by atoms with van der Waals surface area (Å²) < 4.78 is 7.22. The summed E-state index contributed by atoms with van der Waals surface area (Å²) >= 11 is 0. The Morgan fingerprint density at radius 2 is 1.96 bits per heavy atom. The van der Waals surface area contributed by atoms with Crippen molar-refractivity contribution in [1.29, 1.82) is 0 Å². The normalized spacial score (nSPS) is 15.6. The summed E-state index contributed by atoms with van der Waals surface area (Å²) in [5.41, 5.74) is 2.81. The molecule has 7 heteroatoms. The minimum atomic E-state index is -0.590. The van der Waals surface area contributed by atoms with Crippen LogP contribution >= 0.6 is 0 Å². The number of aryl methyl sites for hydroxylation is 1. The van der Waals surface area contributed by atoms with Crippen LogP contribution in [0, 0.1) is 0 Å². The van der Waals surface area contributed by atoms with Crippen molar-refractivity contribution in [3.05, 3.63) is 17.0 Å². The minimum Gasteiger partial charge on any atom is -0.444 e. The van der Waals surface area contributed by atoms with Gasteiger partial charge >= 0.3 is 6.09 Å². The summed E-state index contributed by atoms with van der Waals surface area (Å²) in [7, 11) is 1.96. The molecule has 2 heterocycles. The molecule has 146 valence electrons. The lowest BCUT2D eigenvalue weighted by Crippen LogP contribution is -2.50. The monoisotopic (exact) mass is 364 g/mol. The second-order valence-corrected chi connectivity index (χ2v) is 8.21. The molecule has 1 atom stereocenters. The first-order valence-corrected chi connectivity index (χ1v) is 9.36. The highest BCUT2D eigenvalue weighted by atomic mass is 16.6. The average Bonchev–Trinajstić information content (AvgIpc) is 2.87. The van der Waals surface area contributed by atoms with E-state index in [9.17, 15) is 9.59 Å². The molecule has 1 aromatic rings. The molecule has 0 aliphatic carbocycles. The van der Waals surface area contributed by atoms with Crippen LogP contribution in [0.4, 0.5) is 4.79 Å². The zero-order valence-corrected chi connectivity index (χ0v) is 17.0. The van der Waals surface area contributed by atoms with Crippen molar-refractivity contribution in [2.75, 3.05) is 6.54 Å². The third-order valence-corrected chi connectivity index (χ3v) is 4.53. The quantitative estimate of drug-likeness (QED) is 0.891. The summed E-state index contributed by atoms with van der Waals surface area (Å²) in [6.45, 7) is 12.7. The van der Waals surface area contributed by atoms with E-state index in [1.54, 1.807) is 20.8 Å². The lowest BCUT2D eigenvalue weighted by Gasteiger charge is -2.31. The lowest BCUT2D eigenvalue weighted by atomic mass is 9.98. The van der Waals surface area contributed by atoms with Gasteiger partial charge in [-0.15, -0.1) is 0 Å². The molecule has 1 aliphatic rings. The Hall–Kier alpha value is -2.05. The van der Waals surface area contributed by atoms with Crippen LogP contribution < -0.4 is 5.32 Å². The second-order valence-electron chi connectivity index (χ2n) is 8.21. The van der Waals surface area contributed by atoms with Crippen LogP contribution in [-0.2, 0) is 29.5 Å². The molecular weight excluding hydrogens is 332 g/mol. The van der Waals surface area contributed by atoms with Crippen LogP contribution in [0.2, 0.25) is 0 Å². The Bertz CT molecular complexity index is 673. The molecule has 0 radical (unpaired) electrons. The van der Waals surface area contributed by atoms with Crippen molar-refractivity contribution in [1.82, 2.24) is 20.0 Å². The number of nitrogens with one attached hydrogen (secondary N) is 1. The Kier molecular flexibility index (Phi) is 5.98. The van der Waals surface area contributed by atoms with E-state index in [-0.39, 0.29) is 5.91 Å². The fraction of sp³-hybridized carbons (Fsp3) is 0.737. The Balaban J connectivity index is 2.11. The van der Waals surface area contributed by atoms with E-state index in [1.165, 1.54) is 5.69 Å². The van der Waals surface area contributed by atoms with Crippen molar-refractivity contribution in [2.24, 2.45) is 7.05 Å². The predicted molar refractivity (Wildman–Crippen MR) is 99.9 cm³/mol. The number of nitrogens with zero attached hydrogens (tertiary/aromatic N) is 3. The van der Waals surface area contributed by atoms with Crippen LogP contribution in [-0.4, -0.2) is 44.9 Å². The number of amides is 2. The summed E-state index contributed by atoms with van der Waals surface area (Å²) in [6, 6.07) is -0.578. The van der Waals surface area contributed by atoms with Gasteiger partial charge in [0.25, 0.3) is 0 Å². The Morgan fingerprint density at radius 1 is 1.31 bits per heavy atom. The molecule has 0 spiro atoms. The molecule has 2 rings (SSSR count). The number of alkyl carbamates (subject to hydrolysis) is 1. The molecule has 0 bridgehead atoms. The van der Waals surface area contributed by atoms with Gasteiger partial charge in [0.15, 0.2) is 0 Å². The number of aromatic nitrogens is 2. The molecule has 0 saturated carbocycles. The molecule has 2 amide bonds. The van der Waals surface area contributed by atoms with Gasteiger partial charge in [0, 0.05) is 37.8 Å². The molecule has 26 heavy (non-hydrogen) atoms. The smallest absolute Gasteiger partial charge is 0.408 e. The van der Waals surface area contributed by atoms with Gasteiger partial charge in [-0.05, 0) is 33.1 Å². The Labute approximate surface area is 156 Å². The first-order valence-electron chi connectivity index (χ1n) is 9.36. The van der Waals surface area contributed by atoms with Gasteiger partial charge in [-0.2, -0.15) is 5.10 Å². The molecule has 1 N–H and O–H groups in total. The zero-order valence-electron chi connectivity index (χ0n) is 17.0. The summed E-state index contributed by atoms with van der Waals surface area (Å²) in [5, 5.41) is 7.34. The van der Waals surface area contributed by atoms with Crippen LogP contribution in [0.1, 0.15) is 70.8 Å². The Morgan fingerprint density at radius 3 is 2.50 bits per heavy atom. The maximum absolute atomic E-state index is 13.0. The fourth-order valence-corrected chi connectivity index (χ4v) is 3.28. The summed E-state index contributed by atoms with van der Waals surface area (Å²) in [5.74, 6) is 0.240. The molecule has 1 aromatic heterocycles. The molecule has 7 nitrogen and oxygen atoms in total. The lowest BCUT2D eigenvalue weighted by molar-refractivity contribution is -0.134. The molecule has 1 unspecified atom stereocenters. The number of hydrogen-bond donors (Lipinski definition) is 1. The zero-order chi connectivity index (χ0) is 19.6. The first kappa shape index (κ1) is 20.3. The van der Waals surface area contributed by atoms with Crippen LogP contribution in [0.3, 0.4) is 0 Å². The van der Waals surface area contributed by atoms with Gasteiger partial charge in [0.05, 0.1) is 5.69 Å². The van der Waals surface area contributed by atoms with Crippen LogP contribution in [0.5, 0.6) is 0 Å². The SMILES string of the molecule is CCC(NC(=O)OC(C)(C)C)C(=O)N1CCc2c(c(C(C)C)nn2C)C1. The van der Waals surface area contributed by atoms with Gasteiger partial charge in [0.1, 0.15) is 11.6 Å². The topological polar surface area (TPSA) is 76.5 Å². The van der Waals surface area contributed by atoms with Gasteiger partial charge in [-0.25, -0.2) is 4.79 Å². The van der Waals surface area contributed by atoms with Gasteiger partial charge in [0.2, 0.25) is 5.91 Å². The van der Waals surface area contributed by atoms with E-state index >= 15 is 0 Å². The average molecular weight is 364 g/mol. The van der Waals surface area contributed by atoms with Crippen LogP contribution in [0.15, 0.2) is 0 Å². The van der Waals surface area contributed by atoms with Crippen molar-refractivity contribution < 1.29 is 14.3 Å². The van der Waals surface area contributed by atoms with E-state index in [4.69, 9.17) is 4.74 Å². The largest absolute Gasteiger partial charge is 0.444 e. The maximum atomic E-state index is 13.0. The third-order valence-electron chi connectivity index (χ3n) is 4.53. The highest BCUT2D eigenvalue weighted by molar-refractivity contribution is 5.86. The molecule has 0 saturated heterocycles. The third kappa shape index (κ3) is 4.56. The summed E-state index contributed by atoms with van der Waals surface area (Å²) in [6.07, 6.45) is 0.741. The van der Waals surface area contributed by atoms with Crippen LogP contribution in [0.25, 0.3) is 0 Å². The fourth-order valence-electron chi connectivity index (χ4n) is 3.28. The van der Waals surface area contributed by atoms with Crippen molar-refractivity contribution >= 4 is 12.0 Å². The number of carbonyl (C=O) groups is 2. The summed E-state index contributed by atoms with van der Waals surface area (Å²) in [4.78, 5) is 26.8. The second kappa shape index (κ2) is 7.68. The molecule has 1 aliphatic heterocycles. The van der Waals surface area contributed by atoms with Gasteiger partial charge in [-0.1, -0.05) is 20.8 Å². The van der Waals surface area contributed by atoms with Gasteiger partial charge < -0.3 is 15.0 Å². The highest BCUT2D eigenvalue weighted by Gasteiger charge is 2.31. The molecule has 0 fully saturated rings. The van der Waals surface area contributed by atoms with E-state index in [0.717, 1.165) is 17.7 Å². The standard InChI is InChI=1S/C19H32N4O3/c1-8-14(20-18(25)26-19(4,5)6)17(24)23-10-9-15-13(11-23)16(12(2)3)21-22(15)7/h12,14H,8-11H2,1-7H3,(H,20,25). The molecular formula is C19H32N4O3. The van der Waals surface area contributed by atoms with E-state index in [0.29, 0.717) is 25.4 Å². The first-order chi connectivity index (χ1) is 12.0. The van der Waals surface area contributed by atoms with Gasteiger partial charge in [-0.3, -0.25) is 9.48 Å². The number of rotatable bonds is 4. The van der Waals surface area contributed by atoms with E-state index in [1.807, 2.05) is 23.6 Å². The van der Waals surface area contributed by atoms with E-state index < -0.39 is 17.7 Å².